The van der Waals surface area contributed by atoms with Crippen molar-refractivity contribution in [3.05, 3.63) is 107 Å². The highest BCUT2D eigenvalue weighted by molar-refractivity contribution is 6.30. The molecule has 3 aromatic rings. The van der Waals surface area contributed by atoms with Crippen LogP contribution in [0.4, 0.5) is 0 Å². The molecule has 5 heteroatoms. The summed E-state index contributed by atoms with van der Waals surface area (Å²) < 4.78 is 0. The van der Waals surface area contributed by atoms with Crippen LogP contribution in [0.1, 0.15) is 23.6 Å². The number of amides is 2. The summed E-state index contributed by atoms with van der Waals surface area (Å²) in [5.41, 5.74) is 2.80. The van der Waals surface area contributed by atoms with E-state index in [0.717, 1.165) is 16.7 Å². The molecule has 0 heterocycles. The first kappa shape index (κ1) is 22.6. The standard InChI is InChI=1S/C26H27ClN2O2/c1-2-28-26(31)24(17-20-10-5-3-6-11-20)29(19-22-14-9-15-23(27)16-22)25(30)18-21-12-7-4-8-13-21/h3-16,24H,2,17-19H2,1H3,(H,28,31)/t24-/m1/s1. The van der Waals surface area contributed by atoms with Gasteiger partial charge in [-0.05, 0) is 35.7 Å². The van der Waals surface area contributed by atoms with E-state index in [9.17, 15) is 9.59 Å². The zero-order chi connectivity index (χ0) is 22.1. The maximum atomic E-state index is 13.5. The number of nitrogens with zero attached hydrogens (tertiary/aromatic N) is 1. The largest absolute Gasteiger partial charge is 0.355 e. The molecule has 1 atom stereocenters. The van der Waals surface area contributed by atoms with Gasteiger partial charge in [0.05, 0.1) is 6.42 Å². The molecule has 0 spiro atoms. The summed E-state index contributed by atoms with van der Waals surface area (Å²) in [6.07, 6.45) is 0.667. The van der Waals surface area contributed by atoms with Crippen molar-refractivity contribution in [2.45, 2.75) is 32.4 Å². The number of hydrogen-bond donors (Lipinski definition) is 1. The lowest BCUT2D eigenvalue weighted by Gasteiger charge is -2.31. The Bertz CT molecular complexity index is 993. The van der Waals surface area contributed by atoms with Crippen LogP contribution in [0.3, 0.4) is 0 Å². The molecule has 0 saturated heterocycles. The molecule has 2 amide bonds. The zero-order valence-electron chi connectivity index (χ0n) is 17.6. The first-order valence-corrected chi connectivity index (χ1v) is 10.8. The zero-order valence-corrected chi connectivity index (χ0v) is 18.4. The third-order valence-corrected chi connectivity index (χ3v) is 5.30. The minimum Gasteiger partial charge on any atom is -0.355 e. The molecule has 0 aliphatic heterocycles. The second-order valence-electron chi connectivity index (χ2n) is 7.41. The van der Waals surface area contributed by atoms with Crippen molar-refractivity contribution < 1.29 is 9.59 Å². The van der Waals surface area contributed by atoms with Gasteiger partial charge in [-0.2, -0.15) is 0 Å². The Balaban J connectivity index is 1.94. The molecule has 31 heavy (non-hydrogen) atoms. The van der Waals surface area contributed by atoms with Crippen LogP contribution in [0.15, 0.2) is 84.9 Å². The Morgan fingerprint density at radius 2 is 1.48 bits per heavy atom. The van der Waals surface area contributed by atoms with Gasteiger partial charge < -0.3 is 10.2 Å². The molecule has 1 N–H and O–H groups in total. The van der Waals surface area contributed by atoms with E-state index in [0.29, 0.717) is 24.5 Å². The molecular weight excluding hydrogens is 408 g/mol. The Hall–Kier alpha value is -3.11. The second kappa shape index (κ2) is 11.3. The third kappa shape index (κ3) is 6.69. The summed E-state index contributed by atoms with van der Waals surface area (Å²) in [7, 11) is 0. The molecule has 0 aliphatic rings. The number of rotatable bonds is 9. The first-order valence-electron chi connectivity index (χ1n) is 10.5. The fourth-order valence-electron chi connectivity index (χ4n) is 3.55. The predicted octanol–water partition coefficient (Wildman–Crippen LogP) is 4.66. The Kier molecular flexibility index (Phi) is 8.25. The van der Waals surface area contributed by atoms with Gasteiger partial charge in [-0.3, -0.25) is 9.59 Å². The molecule has 0 radical (unpaired) electrons. The maximum absolute atomic E-state index is 13.5. The fourth-order valence-corrected chi connectivity index (χ4v) is 3.76. The molecule has 3 aromatic carbocycles. The summed E-state index contributed by atoms with van der Waals surface area (Å²) in [5, 5.41) is 3.51. The van der Waals surface area contributed by atoms with Crippen LogP contribution in [0.5, 0.6) is 0 Å². The van der Waals surface area contributed by atoms with Crippen molar-refractivity contribution in [1.29, 1.82) is 0 Å². The average Bonchev–Trinajstić information content (AvgIpc) is 2.77. The summed E-state index contributed by atoms with van der Waals surface area (Å²) >= 11 is 6.18. The quantitative estimate of drug-likeness (QED) is 0.532. The molecule has 0 fully saturated rings. The highest BCUT2D eigenvalue weighted by atomic mass is 35.5. The van der Waals surface area contributed by atoms with E-state index < -0.39 is 6.04 Å². The van der Waals surface area contributed by atoms with Crippen LogP contribution in [-0.2, 0) is 29.0 Å². The number of halogens is 1. The Morgan fingerprint density at radius 3 is 2.10 bits per heavy atom. The number of carbonyl (C=O) groups excluding carboxylic acids is 2. The van der Waals surface area contributed by atoms with Gasteiger partial charge in [0.15, 0.2) is 0 Å². The normalized spacial score (nSPS) is 11.5. The summed E-state index contributed by atoms with van der Waals surface area (Å²) in [6, 6.07) is 26.2. The molecule has 0 saturated carbocycles. The van der Waals surface area contributed by atoms with Crippen molar-refractivity contribution in [2.75, 3.05) is 6.54 Å². The van der Waals surface area contributed by atoms with Gasteiger partial charge in [-0.25, -0.2) is 0 Å². The van der Waals surface area contributed by atoms with Gasteiger partial charge in [0, 0.05) is 24.5 Å². The van der Waals surface area contributed by atoms with E-state index in [1.165, 1.54) is 0 Å². The van der Waals surface area contributed by atoms with Crippen LogP contribution in [0, 0.1) is 0 Å². The minimum absolute atomic E-state index is 0.0987. The van der Waals surface area contributed by atoms with Crippen molar-refractivity contribution in [3.8, 4) is 0 Å². The summed E-state index contributed by atoms with van der Waals surface area (Å²) in [5.74, 6) is -0.256. The lowest BCUT2D eigenvalue weighted by atomic mass is 10.0. The van der Waals surface area contributed by atoms with Crippen molar-refractivity contribution in [3.63, 3.8) is 0 Å². The lowest BCUT2D eigenvalue weighted by Crippen LogP contribution is -2.50. The van der Waals surface area contributed by atoms with Crippen LogP contribution in [-0.4, -0.2) is 29.3 Å². The minimum atomic E-state index is -0.627. The smallest absolute Gasteiger partial charge is 0.243 e. The van der Waals surface area contributed by atoms with Crippen molar-refractivity contribution in [2.24, 2.45) is 0 Å². The van der Waals surface area contributed by atoms with E-state index in [2.05, 4.69) is 5.32 Å². The van der Waals surface area contributed by atoms with E-state index in [4.69, 9.17) is 11.6 Å². The number of benzene rings is 3. The molecule has 160 valence electrons. The highest BCUT2D eigenvalue weighted by Gasteiger charge is 2.30. The van der Waals surface area contributed by atoms with Crippen LogP contribution >= 0.6 is 11.6 Å². The van der Waals surface area contributed by atoms with Gasteiger partial charge in [0.2, 0.25) is 11.8 Å². The SMILES string of the molecule is CCNC(=O)[C@@H](Cc1ccccc1)N(Cc1cccc(Cl)c1)C(=O)Cc1ccccc1. The van der Waals surface area contributed by atoms with Gasteiger partial charge in [0.1, 0.15) is 6.04 Å². The number of hydrogen-bond acceptors (Lipinski definition) is 2. The van der Waals surface area contributed by atoms with E-state index in [-0.39, 0.29) is 18.2 Å². The molecule has 0 aliphatic carbocycles. The van der Waals surface area contributed by atoms with Gasteiger partial charge in [-0.1, -0.05) is 84.4 Å². The van der Waals surface area contributed by atoms with Gasteiger partial charge in [0.25, 0.3) is 0 Å². The third-order valence-electron chi connectivity index (χ3n) is 5.06. The average molecular weight is 435 g/mol. The number of likely N-dealkylation sites (N-methyl/N-ethyl adjacent to an activating group) is 1. The van der Waals surface area contributed by atoms with E-state index in [1.54, 1.807) is 11.0 Å². The Labute approximate surface area is 188 Å². The molecule has 0 aromatic heterocycles. The summed E-state index contributed by atoms with van der Waals surface area (Å²) in [4.78, 5) is 28.2. The van der Waals surface area contributed by atoms with E-state index >= 15 is 0 Å². The second-order valence-corrected chi connectivity index (χ2v) is 7.85. The van der Waals surface area contributed by atoms with Crippen LogP contribution in [0.25, 0.3) is 0 Å². The molecule has 0 bridgehead atoms. The first-order chi connectivity index (χ1) is 15.1. The molecule has 0 unspecified atom stereocenters. The number of carbonyl (C=O) groups is 2. The molecule has 3 rings (SSSR count). The molecule has 4 nitrogen and oxygen atoms in total. The predicted molar refractivity (Wildman–Crippen MR) is 125 cm³/mol. The number of nitrogens with one attached hydrogen (secondary N) is 1. The monoisotopic (exact) mass is 434 g/mol. The summed E-state index contributed by atoms with van der Waals surface area (Å²) in [6.45, 7) is 2.69. The van der Waals surface area contributed by atoms with Crippen LogP contribution in [0.2, 0.25) is 5.02 Å². The maximum Gasteiger partial charge on any atom is 0.243 e. The van der Waals surface area contributed by atoms with E-state index in [1.807, 2.05) is 85.8 Å². The highest BCUT2D eigenvalue weighted by Crippen LogP contribution is 2.18. The van der Waals surface area contributed by atoms with Crippen LogP contribution < -0.4 is 5.32 Å². The van der Waals surface area contributed by atoms with Gasteiger partial charge >= 0.3 is 0 Å². The lowest BCUT2D eigenvalue weighted by molar-refractivity contribution is -0.140. The fraction of sp³-hybridized carbons (Fsp3) is 0.231. The van der Waals surface area contributed by atoms with Crippen molar-refractivity contribution >= 4 is 23.4 Å². The molecular formula is C26H27ClN2O2. The Morgan fingerprint density at radius 1 is 0.871 bits per heavy atom. The topological polar surface area (TPSA) is 49.4 Å². The van der Waals surface area contributed by atoms with Crippen molar-refractivity contribution in [1.82, 2.24) is 10.2 Å². The van der Waals surface area contributed by atoms with Gasteiger partial charge in [-0.15, -0.1) is 0 Å².